The third kappa shape index (κ3) is 4.32. The Hall–Kier alpha value is -2.34. The fourth-order valence-corrected chi connectivity index (χ4v) is 2.39. The summed E-state index contributed by atoms with van der Waals surface area (Å²) in [5.74, 6) is 1.70. The number of methoxy groups -OCH3 is 1. The fraction of sp³-hybridized carbons (Fsp3) is 0.412. The van der Waals surface area contributed by atoms with Crippen LogP contribution in [-0.2, 0) is 4.79 Å². The van der Waals surface area contributed by atoms with E-state index in [4.69, 9.17) is 9.26 Å². The molecule has 2 aromatic rings. The molecule has 23 heavy (non-hydrogen) atoms. The van der Waals surface area contributed by atoms with Gasteiger partial charge in [-0.25, -0.2) is 0 Å². The van der Waals surface area contributed by atoms with Crippen molar-refractivity contribution in [2.24, 2.45) is 0 Å². The van der Waals surface area contributed by atoms with Crippen LogP contribution in [0.2, 0.25) is 0 Å². The molecule has 0 bridgehead atoms. The molecule has 0 aliphatic rings. The summed E-state index contributed by atoms with van der Waals surface area (Å²) in [5.41, 5.74) is 2.16. The Labute approximate surface area is 136 Å². The Bertz CT molecular complexity index is 681. The molecule has 6 heteroatoms. The van der Waals surface area contributed by atoms with Crippen LogP contribution in [0.5, 0.6) is 5.75 Å². The predicted molar refractivity (Wildman–Crippen MR) is 88.6 cm³/mol. The maximum atomic E-state index is 12.2. The highest BCUT2D eigenvalue weighted by molar-refractivity contribution is 5.93. The number of anilines is 1. The Kier molecular flexibility index (Phi) is 5.39. The Morgan fingerprint density at radius 1 is 1.26 bits per heavy atom. The number of aryl methyl sites for hydroxylation is 2. The number of amides is 1. The highest BCUT2D eigenvalue weighted by Crippen LogP contribution is 2.26. The molecular weight excluding hydrogens is 294 g/mol. The zero-order valence-electron chi connectivity index (χ0n) is 14.1. The van der Waals surface area contributed by atoms with E-state index >= 15 is 0 Å². The molecule has 2 N–H and O–H groups in total. The molecule has 2 rings (SSSR count). The monoisotopic (exact) mass is 317 g/mol. The number of nitrogens with zero attached hydrogens (tertiary/aromatic N) is 1. The third-order valence-electron chi connectivity index (χ3n) is 3.62. The van der Waals surface area contributed by atoms with E-state index in [-0.39, 0.29) is 11.9 Å². The molecule has 6 nitrogen and oxygen atoms in total. The average molecular weight is 317 g/mol. The van der Waals surface area contributed by atoms with Crippen LogP contribution in [0.3, 0.4) is 0 Å². The fourth-order valence-electron chi connectivity index (χ4n) is 2.39. The van der Waals surface area contributed by atoms with E-state index in [1.165, 1.54) is 0 Å². The largest absolute Gasteiger partial charge is 0.496 e. The van der Waals surface area contributed by atoms with Crippen LogP contribution in [0.4, 0.5) is 5.82 Å². The Balaban J connectivity index is 2.02. The highest BCUT2D eigenvalue weighted by Gasteiger charge is 2.19. The summed E-state index contributed by atoms with van der Waals surface area (Å²) in [4.78, 5) is 12.2. The molecule has 0 aliphatic heterocycles. The van der Waals surface area contributed by atoms with Gasteiger partial charge in [-0.1, -0.05) is 22.9 Å². The van der Waals surface area contributed by atoms with Crippen molar-refractivity contribution in [3.8, 4) is 5.75 Å². The lowest BCUT2D eigenvalue weighted by molar-refractivity contribution is -0.118. The molecular formula is C17H23N3O3. The first-order valence-electron chi connectivity index (χ1n) is 7.55. The molecule has 0 aliphatic carbocycles. The van der Waals surface area contributed by atoms with Crippen LogP contribution in [-0.4, -0.2) is 24.2 Å². The second-order valence-corrected chi connectivity index (χ2v) is 5.67. The molecule has 0 fully saturated rings. The molecule has 124 valence electrons. The van der Waals surface area contributed by atoms with Gasteiger partial charge >= 0.3 is 0 Å². The molecule has 0 saturated heterocycles. The lowest BCUT2D eigenvalue weighted by atomic mass is 10.0. The van der Waals surface area contributed by atoms with E-state index in [0.717, 1.165) is 16.9 Å². The topological polar surface area (TPSA) is 76.4 Å². The van der Waals surface area contributed by atoms with Crippen molar-refractivity contribution in [3.05, 3.63) is 41.2 Å². The third-order valence-corrected chi connectivity index (χ3v) is 3.62. The summed E-state index contributed by atoms with van der Waals surface area (Å²) < 4.78 is 10.3. The SMILES string of the molecule is COc1ccc(C)cc1[C@H](C)N[C@H](C)C(=O)Nc1cc(C)on1. The van der Waals surface area contributed by atoms with Crippen LogP contribution in [0.25, 0.3) is 0 Å². The van der Waals surface area contributed by atoms with E-state index in [1.807, 2.05) is 26.0 Å². The number of ether oxygens (including phenoxy) is 1. The van der Waals surface area contributed by atoms with Crippen LogP contribution in [0, 0.1) is 13.8 Å². The molecule has 2 atom stereocenters. The van der Waals surface area contributed by atoms with Gasteiger partial charge in [0.15, 0.2) is 5.82 Å². The van der Waals surface area contributed by atoms with Crippen LogP contribution < -0.4 is 15.4 Å². The summed E-state index contributed by atoms with van der Waals surface area (Å²) in [5, 5.41) is 9.76. The first-order valence-corrected chi connectivity index (χ1v) is 7.55. The van der Waals surface area contributed by atoms with Gasteiger partial charge in [0, 0.05) is 17.7 Å². The molecule has 0 radical (unpaired) electrons. The zero-order chi connectivity index (χ0) is 17.0. The van der Waals surface area contributed by atoms with Crippen LogP contribution in [0.1, 0.15) is 36.8 Å². The highest BCUT2D eigenvalue weighted by atomic mass is 16.5. The second kappa shape index (κ2) is 7.28. The molecule has 1 amide bonds. The van der Waals surface area contributed by atoms with Crippen molar-refractivity contribution in [2.75, 3.05) is 12.4 Å². The average Bonchev–Trinajstić information content (AvgIpc) is 2.92. The number of hydrogen-bond donors (Lipinski definition) is 2. The predicted octanol–water partition coefficient (Wildman–Crippen LogP) is 2.98. The zero-order valence-corrected chi connectivity index (χ0v) is 14.1. The molecule has 0 spiro atoms. The normalized spacial score (nSPS) is 13.4. The molecule has 0 saturated carbocycles. The number of aromatic nitrogens is 1. The van der Waals surface area contributed by atoms with Gasteiger partial charge in [0.2, 0.25) is 5.91 Å². The van der Waals surface area contributed by atoms with Crippen molar-refractivity contribution in [1.29, 1.82) is 0 Å². The number of carbonyl (C=O) groups excluding carboxylic acids is 1. The van der Waals surface area contributed by atoms with Gasteiger partial charge in [0.25, 0.3) is 0 Å². The van der Waals surface area contributed by atoms with Gasteiger partial charge in [0.1, 0.15) is 11.5 Å². The lowest BCUT2D eigenvalue weighted by Gasteiger charge is -2.21. The molecule has 1 aromatic carbocycles. The number of rotatable bonds is 6. The second-order valence-electron chi connectivity index (χ2n) is 5.67. The van der Waals surface area contributed by atoms with Crippen LogP contribution >= 0.6 is 0 Å². The number of carbonyl (C=O) groups is 1. The van der Waals surface area contributed by atoms with E-state index in [0.29, 0.717) is 11.6 Å². The van der Waals surface area contributed by atoms with Gasteiger partial charge in [-0.15, -0.1) is 0 Å². The minimum Gasteiger partial charge on any atom is -0.496 e. The molecule has 1 heterocycles. The van der Waals surface area contributed by atoms with E-state index in [9.17, 15) is 4.79 Å². The summed E-state index contributed by atoms with van der Waals surface area (Å²) in [6.45, 7) is 7.61. The van der Waals surface area contributed by atoms with Crippen molar-refractivity contribution in [3.63, 3.8) is 0 Å². The number of nitrogens with one attached hydrogen (secondary N) is 2. The van der Waals surface area contributed by atoms with Gasteiger partial charge < -0.3 is 14.6 Å². The van der Waals surface area contributed by atoms with E-state index in [2.05, 4.69) is 21.9 Å². The molecule has 1 aromatic heterocycles. The van der Waals surface area contributed by atoms with Crippen molar-refractivity contribution >= 4 is 11.7 Å². The Morgan fingerprint density at radius 3 is 2.61 bits per heavy atom. The van der Waals surface area contributed by atoms with E-state index in [1.54, 1.807) is 27.0 Å². The smallest absolute Gasteiger partial charge is 0.242 e. The number of benzene rings is 1. The first-order chi connectivity index (χ1) is 10.9. The Morgan fingerprint density at radius 2 is 2.00 bits per heavy atom. The van der Waals surface area contributed by atoms with Gasteiger partial charge in [0.05, 0.1) is 13.2 Å². The maximum Gasteiger partial charge on any atom is 0.242 e. The quantitative estimate of drug-likeness (QED) is 0.856. The summed E-state index contributed by atoms with van der Waals surface area (Å²) in [6.07, 6.45) is 0. The van der Waals surface area contributed by atoms with Crippen molar-refractivity contribution in [1.82, 2.24) is 10.5 Å². The maximum absolute atomic E-state index is 12.2. The lowest BCUT2D eigenvalue weighted by Crippen LogP contribution is -2.39. The summed E-state index contributed by atoms with van der Waals surface area (Å²) >= 11 is 0. The van der Waals surface area contributed by atoms with Gasteiger partial charge in [-0.3, -0.25) is 10.1 Å². The van der Waals surface area contributed by atoms with Gasteiger partial charge in [-0.2, -0.15) is 0 Å². The minimum absolute atomic E-state index is 0.0374. The summed E-state index contributed by atoms with van der Waals surface area (Å²) in [7, 11) is 1.64. The standard InChI is InChI=1S/C17H23N3O3/c1-10-6-7-15(22-5)14(8-10)12(3)18-13(4)17(21)19-16-9-11(2)23-20-16/h6-9,12-13,18H,1-5H3,(H,19,20,21)/t12-,13+/m0/s1. The minimum atomic E-state index is -0.396. The number of hydrogen-bond acceptors (Lipinski definition) is 5. The van der Waals surface area contributed by atoms with Gasteiger partial charge in [-0.05, 0) is 33.8 Å². The van der Waals surface area contributed by atoms with Crippen LogP contribution in [0.15, 0.2) is 28.8 Å². The first kappa shape index (κ1) is 17.0. The van der Waals surface area contributed by atoms with Crippen molar-refractivity contribution < 1.29 is 14.1 Å². The summed E-state index contributed by atoms with van der Waals surface area (Å²) in [6, 6.07) is 7.24. The van der Waals surface area contributed by atoms with Crippen molar-refractivity contribution in [2.45, 2.75) is 39.8 Å². The van der Waals surface area contributed by atoms with E-state index < -0.39 is 6.04 Å². The molecule has 0 unspecified atom stereocenters.